The van der Waals surface area contributed by atoms with Crippen LogP contribution in [0, 0.1) is 0 Å². The molecule has 2 aliphatic heterocycles. The Morgan fingerprint density at radius 2 is 1.70 bits per heavy atom. The van der Waals surface area contributed by atoms with Gasteiger partial charge >= 0.3 is 5.97 Å². The Hall–Kier alpha value is -3.60. The molecule has 9 nitrogen and oxygen atoms in total. The summed E-state index contributed by atoms with van der Waals surface area (Å²) in [6, 6.07) is 13.5. The molecule has 1 saturated heterocycles. The van der Waals surface area contributed by atoms with Crippen molar-refractivity contribution in [3.63, 3.8) is 0 Å². The summed E-state index contributed by atoms with van der Waals surface area (Å²) < 4.78 is 21.1. The molecular formula is C27H29N3O6S. The number of hydrogen-bond acceptors (Lipinski definition) is 9. The third kappa shape index (κ3) is 5.71. The van der Waals surface area contributed by atoms with Gasteiger partial charge in [0.05, 0.1) is 20.8 Å². The maximum atomic E-state index is 12.9. The predicted molar refractivity (Wildman–Crippen MR) is 141 cm³/mol. The van der Waals surface area contributed by atoms with Gasteiger partial charge in [0.15, 0.2) is 11.5 Å². The molecule has 3 heterocycles. The third-order valence-electron chi connectivity index (χ3n) is 6.51. The SMILES string of the molecule is COC(=O)c1c(-c2ccc(OC)cc2)csc1NC(=O)CN1CCN(Cc2ccc3c(c2)OCO3)CC1. The van der Waals surface area contributed by atoms with Gasteiger partial charge in [-0.15, -0.1) is 11.3 Å². The average molecular weight is 524 g/mol. The lowest BCUT2D eigenvalue weighted by atomic mass is 10.0. The van der Waals surface area contributed by atoms with E-state index in [1.54, 1.807) is 7.11 Å². The quantitative estimate of drug-likeness (QED) is 0.447. The number of benzene rings is 2. The number of methoxy groups -OCH3 is 2. The monoisotopic (exact) mass is 523 g/mol. The molecule has 0 atom stereocenters. The van der Waals surface area contributed by atoms with Crippen LogP contribution >= 0.6 is 11.3 Å². The van der Waals surface area contributed by atoms with Crippen molar-refractivity contribution in [1.29, 1.82) is 0 Å². The number of ether oxygens (including phenoxy) is 4. The fraction of sp³-hybridized carbons (Fsp3) is 0.333. The zero-order chi connectivity index (χ0) is 25.8. The van der Waals surface area contributed by atoms with Crippen LogP contribution in [0.2, 0.25) is 0 Å². The van der Waals surface area contributed by atoms with Crippen LogP contribution in [0.3, 0.4) is 0 Å². The maximum Gasteiger partial charge on any atom is 0.341 e. The highest BCUT2D eigenvalue weighted by Gasteiger charge is 2.24. The fourth-order valence-electron chi connectivity index (χ4n) is 4.51. The first-order valence-electron chi connectivity index (χ1n) is 12.0. The number of rotatable bonds is 8. The van der Waals surface area contributed by atoms with E-state index >= 15 is 0 Å². The largest absolute Gasteiger partial charge is 0.497 e. The van der Waals surface area contributed by atoms with Crippen molar-refractivity contribution >= 4 is 28.2 Å². The van der Waals surface area contributed by atoms with Crippen LogP contribution in [0.1, 0.15) is 15.9 Å². The van der Waals surface area contributed by atoms with Crippen molar-refractivity contribution in [1.82, 2.24) is 9.80 Å². The Labute approximate surface area is 219 Å². The second-order valence-corrected chi connectivity index (χ2v) is 9.74. The number of carbonyl (C=O) groups is 2. The van der Waals surface area contributed by atoms with E-state index in [0.717, 1.165) is 55.5 Å². The second-order valence-electron chi connectivity index (χ2n) is 8.86. The molecule has 194 valence electrons. The lowest BCUT2D eigenvalue weighted by Gasteiger charge is -2.34. The van der Waals surface area contributed by atoms with Crippen LogP contribution in [0.15, 0.2) is 47.8 Å². The van der Waals surface area contributed by atoms with E-state index in [4.69, 9.17) is 18.9 Å². The zero-order valence-electron chi connectivity index (χ0n) is 20.8. The molecule has 0 bridgehead atoms. The first-order valence-corrected chi connectivity index (χ1v) is 12.9. The van der Waals surface area contributed by atoms with Crippen molar-refractivity contribution in [3.8, 4) is 28.4 Å². The molecule has 0 aliphatic carbocycles. The van der Waals surface area contributed by atoms with Gasteiger partial charge in [0.25, 0.3) is 0 Å². The molecule has 1 N–H and O–H groups in total. The summed E-state index contributed by atoms with van der Waals surface area (Å²) >= 11 is 1.32. The molecule has 0 saturated carbocycles. The van der Waals surface area contributed by atoms with Gasteiger partial charge in [0.1, 0.15) is 16.3 Å². The first-order chi connectivity index (χ1) is 18.0. The molecule has 1 fully saturated rings. The van der Waals surface area contributed by atoms with Gasteiger partial charge in [-0.1, -0.05) is 18.2 Å². The minimum Gasteiger partial charge on any atom is -0.497 e. The number of esters is 1. The summed E-state index contributed by atoms with van der Waals surface area (Å²) in [6.07, 6.45) is 0. The normalized spacial score (nSPS) is 15.4. The molecular weight excluding hydrogens is 494 g/mol. The standard InChI is InChI=1S/C27H29N3O6S/c1-33-20-6-4-19(5-7-20)21-16-37-26(25(21)27(32)34-2)28-24(31)15-30-11-9-29(10-12-30)14-18-3-8-22-23(13-18)36-17-35-22/h3-8,13,16H,9-12,14-15,17H2,1-2H3,(H,28,31). The number of fused-ring (bicyclic) bond motifs is 1. The Balaban J connectivity index is 1.17. The van der Waals surface area contributed by atoms with E-state index in [1.165, 1.54) is 24.0 Å². The summed E-state index contributed by atoms with van der Waals surface area (Å²) in [5.74, 6) is 1.67. The zero-order valence-corrected chi connectivity index (χ0v) is 21.6. The molecule has 0 spiro atoms. The molecule has 5 rings (SSSR count). The highest BCUT2D eigenvalue weighted by atomic mass is 32.1. The first kappa shape index (κ1) is 25.1. The van der Waals surface area contributed by atoms with E-state index in [9.17, 15) is 9.59 Å². The van der Waals surface area contributed by atoms with Crippen LogP contribution in [0.5, 0.6) is 17.2 Å². The minimum atomic E-state index is -0.487. The molecule has 0 unspecified atom stereocenters. The molecule has 0 radical (unpaired) electrons. The van der Waals surface area contributed by atoms with Crippen LogP contribution in [0.4, 0.5) is 5.00 Å². The number of thiophene rings is 1. The van der Waals surface area contributed by atoms with E-state index in [0.29, 0.717) is 16.1 Å². The smallest absolute Gasteiger partial charge is 0.341 e. The van der Waals surface area contributed by atoms with Gasteiger partial charge in [-0.25, -0.2) is 4.79 Å². The summed E-state index contributed by atoms with van der Waals surface area (Å²) in [4.78, 5) is 30.0. The van der Waals surface area contributed by atoms with Crippen molar-refractivity contribution in [2.75, 3.05) is 59.1 Å². The molecule has 1 aromatic heterocycles. The average Bonchev–Trinajstić information content (AvgIpc) is 3.56. The van der Waals surface area contributed by atoms with Gasteiger partial charge in [-0.3, -0.25) is 14.6 Å². The Bertz CT molecular complexity index is 1270. The van der Waals surface area contributed by atoms with Gasteiger partial charge in [0.2, 0.25) is 12.7 Å². The van der Waals surface area contributed by atoms with Gasteiger partial charge in [-0.2, -0.15) is 0 Å². The summed E-state index contributed by atoms with van der Waals surface area (Å²) in [6.45, 7) is 4.63. The minimum absolute atomic E-state index is 0.155. The molecule has 2 aliphatic rings. The number of nitrogens with zero attached hydrogens (tertiary/aromatic N) is 2. The van der Waals surface area contributed by atoms with E-state index in [1.807, 2.05) is 41.8 Å². The molecule has 3 aromatic rings. The van der Waals surface area contributed by atoms with Crippen LogP contribution in [0.25, 0.3) is 11.1 Å². The number of amides is 1. The third-order valence-corrected chi connectivity index (χ3v) is 7.41. The molecule has 1 amide bonds. The Morgan fingerprint density at radius 3 is 2.43 bits per heavy atom. The van der Waals surface area contributed by atoms with E-state index in [-0.39, 0.29) is 19.2 Å². The Morgan fingerprint density at radius 1 is 0.973 bits per heavy atom. The highest BCUT2D eigenvalue weighted by Crippen LogP contribution is 2.37. The van der Waals surface area contributed by atoms with Crippen molar-refractivity contribution in [3.05, 3.63) is 59.0 Å². The van der Waals surface area contributed by atoms with Gasteiger partial charge in [-0.05, 0) is 35.4 Å². The number of hydrogen-bond donors (Lipinski definition) is 1. The Kier molecular flexibility index (Phi) is 7.59. The lowest BCUT2D eigenvalue weighted by molar-refractivity contribution is -0.117. The predicted octanol–water partition coefficient (Wildman–Crippen LogP) is 3.70. The summed E-state index contributed by atoms with van der Waals surface area (Å²) in [5.41, 5.74) is 3.10. The van der Waals surface area contributed by atoms with Gasteiger partial charge < -0.3 is 24.3 Å². The number of piperazine rings is 1. The highest BCUT2D eigenvalue weighted by molar-refractivity contribution is 7.15. The number of carbonyl (C=O) groups excluding carboxylic acids is 2. The number of nitrogens with one attached hydrogen (secondary N) is 1. The van der Waals surface area contributed by atoms with E-state index < -0.39 is 5.97 Å². The van der Waals surface area contributed by atoms with Crippen molar-refractivity contribution in [2.24, 2.45) is 0 Å². The fourth-order valence-corrected chi connectivity index (χ4v) is 5.48. The topological polar surface area (TPSA) is 89.6 Å². The summed E-state index contributed by atoms with van der Waals surface area (Å²) in [7, 11) is 2.94. The van der Waals surface area contributed by atoms with E-state index in [2.05, 4.69) is 21.2 Å². The maximum absolute atomic E-state index is 12.9. The molecule has 10 heteroatoms. The molecule has 2 aromatic carbocycles. The second kappa shape index (κ2) is 11.2. The molecule has 37 heavy (non-hydrogen) atoms. The van der Waals surface area contributed by atoms with Crippen LogP contribution < -0.4 is 19.5 Å². The van der Waals surface area contributed by atoms with Crippen molar-refractivity contribution in [2.45, 2.75) is 6.54 Å². The van der Waals surface area contributed by atoms with Crippen molar-refractivity contribution < 1.29 is 28.5 Å². The van der Waals surface area contributed by atoms with Gasteiger partial charge in [0, 0.05) is 43.7 Å². The number of anilines is 1. The van der Waals surface area contributed by atoms with Crippen LogP contribution in [-0.2, 0) is 16.1 Å². The lowest BCUT2D eigenvalue weighted by Crippen LogP contribution is -2.48. The van der Waals surface area contributed by atoms with Crippen LogP contribution in [-0.4, -0.2) is 75.4 Å². The summed E-state index contributed by atoms with van der Waals surface area (Å²) in [5, 5.41) is 5.28.